The number of nitrogens with zero attached hydrogens (tertiary/aromatic N) is 1. The van der Waals surface area contributed by atoms with E-state index < -0.39 is 6.43 Å². The van der Waals surface area contributed by atoms with Gasteiger partial charge >= 0.3 is 0 Å². The van der Waals surface area contributed by atoms with E-state index in [1.807, 2.05) is 30.3 Å². The largest absolute Gasteiger partial charge is 0.492 e. The molecule has 1 rings (SSSR count). The van der Waals surface area contributed by atoms with Gasteiger partial charge in [-0.15, -0.1) is 0 Å². The van der Waals surface area contributed by atoms with Crippen LogP contribution in [0.15, 0.2) is 30.3 Å². The molecule has 0 saturated carbocycles. The van der Waals surface area contributed by atoms with Crippen LogP contribution >= 0.6 is 0 Å². The standard InChI is InChI=1S/C12H18F2N2O/c13-12(14)10-16(7-6-15)8-9-17-11-4-2-1-3-5-11/h1-5,12H,6-10,15H2. The van der Waals surface area contributed by atoms with Crippen molar-refractivity contribution in [1.82, 2.24) is 4.90 Å². The van der Waals surface area contributed by atoms with Crippen LogP contribution in [0, 0.1) is 0 Å². The molecule has 0 unspecified atom stereocenters. The Hall–Kier alpha value is -1.20. The van der Waals surface area contributed by atoms with Crippen molar-refractivity contribution in [1.29, 1.82) is 0 Å². The summed E-state index contributed by atoms with van der Waals surface area (Å²) in [5, 5.41) is 0. The molecule has 1 aromatic carbocycles. The number of benzene rings is 1. The molecular formula is C12H18F2N2O. The molecule has 0 aromatic heterocycles. The van der Waals surface area contributed by atoms with E-state index in [2.05, 4.69) is 0 Å². The van der Waals surface area contributed by atoms with E-state index in [1.54, 1.807) is 4.90 Å². The summed E-state index contributed by atoms with van der Waals surface area (Å²) in [6.07, 6.45) is -2.33. The third kappa shape index (κ3) is 6.19. The van der Waals surface area contributed by atoms with Gasteiger partial charge in [0.05, 0.1) is 6.54 Å². The molecular weight excluding hydrogens is 226 g/mol. The maximum absolute atomic E-state index is 12.2. The van der Waals surface area contributed by atoms with Crippen LogP contribution in [-0.2, 0) is 0 Å². The highest BCUT2D eigenvalue weighted by Gasteiger charge is 2.10. The van der Waals surface area contributed by atoms with Crippen molar-refractivity contribution in [3.05, 3.63) is 30.3 Å². The van der Waals surface area contributed by atoms with Crippen LogP contribution in [0.4, 0.5) is 8.78 Å². The first kappa shape index (κ1) is 13.9. The maximum Gasteiger partial charge on any atom is 0.251 e. The highest BCUT2D eigenvalue weighted by atomic mass is 19.3. The van der Waals surface area contributed by atoms with Gasteiger partial charge in [-0.3, -0.25) is 4.90 Å². The quantitative estimate of drug-likeness (QED) is 0.754. The molecule has 17 heavy (non-hydrogen) atoms. The fraction of sp³-hybridized carbons (Fsp3) is 0.500. The van der Waals surface area contributed by atoms with Gasteiger partial charge < -0.3 is 10.5 Å². The second kappa shape index (κ2) is 7.97. The van der Waals surface area contributed by atoms with Gasteiger partial charge in [0.15, 0.2) is 0 Å². The summed E-state index contributed by atoms with van der Waals surface area (Å²) in [5.74, 6) is 0.747. The number of rotatable bonds is 8. The number of alkyl halides is 2. The van der Waals surface area contributed by atoms with Gasteiger partial charge in [-0.25, -0.2) is 8.78 Å². The Morgan fingerprint density at radius 3 is 2.47 bits per heavy atom. The van der Waals surface area contributed by atoms with Crippen LogP contribution in [-0.4, -0.2) is 44.1 Å². The summed E-state index contributed by atoms with van der Waals surface area (Å²) in [5.41, 5.74) is 5.36. The summed E-state index contributed by atoms with van der Waals surface area (Å²) >= 11 is 0. The first-order valence-corrected chi connectivity index (χ1v) is 5.61. The van der Waals surface area contributed by atoms with Crippen molar-refractivity contribution in [3.63, 3.8) is 0 Å². The first-order valence-electron chi connectivity index (χ1n) is 5.61. The topological polar surface area (TPSA) is 38.5 Å². The predicted molar refractivity (Wildman–Crippen MR) is 63.4 cm³/mol. The van der Waals surface area contributed by atoms with E-state index in [0.29, 0.717) is 26.2 Å². The third-order valence-corrected chi connectivity index (χ3v) is 2.26. The number of hydrogen-bond donors (Lipinski definition) is 1. The molecule has 0 spiro atoms. The van der Waals surface area contributed by atoms with Gasteiger partial charge in [-0.2, -0.15) is 0 Å². The Kier molecular flexibility index (Phi) is 6.50. The fourth-order valence-corrected chi connectivity index (χ4v) is 1.48. The van der Waals surface area contributed by atoms with E-state index in [1.165, 1.54) is 0 Å². The molecule has 1 aromatic rings. The molecule has 0 fully saturated rings. The van der Waals surface area contributed by atoms with Gasteiger partial charge in [0.2, 0.25) is 0 Å². The Balaban J connectivity index is 2.26. The Morgan fingerprint density at radius 1 is 1.18 bits per heavy atom. The second-order valence-electron chi connectivity index (χ2n) is 3.64. The van der Waals surface area contributed by atoms with Gasteiger partial charge in [0, 0.05) is 19.6 Å². The number of nitrogens with two attached hydrogens (primary N) is 1. The van der Waals surface area contributed by atoms with Gasteiger partial charge in [0.25, 0.3) is 6.43 Å². The normalized spacial score (nSPS) is 11.1. The highest BCUT2D eigenvalue weighted by Crippen LogP contribution is 2.08. The van der Waals surface area contributed by atoms with E-state index in [-0.39, 0.29) is 6.54 Å². The molecule has 0 bridgehead atoms. The zero-order valence-electron chi connectivity index (χ0n) is 9.69. The highest BCUT2D eigenvalue weighted by molar-refractivity contribution is 5.20. The van der Waals surface area contributed by atoms with Crippen molar-refractivity contribution in [3.8, 4) is 5.75 Å². The summed E-state index contributed by atoms with van der Waals surface area (Å²) < 4.78 is 29.9. The van der Waals surface area contributed by atoms with Crippen molar-refractivity contribution < 1.29 is 13.5 Å². The average molecular weight is 244 g/mol. The van der Waals surface area contributed by atoms with E-state index >= 15 is 0 Å². The van der Waals surface area contributed by atoms with Crippen LogP contribution < -0.4 is 10.5 Å². The minimum atomic E-state index is -2.33. The monoisotopic (exact) mass is 244 g/mol. The molecule has 5 heteroatoms. The number of para-hydroxylation sites is 1. The van der Waals surface area contributed by atoms with Gasteiger partial charge in [-0.1, -0.05) is 18.2 Å². The van der Waals surface area contributed by atoms with Crippen LogP contribution in [0.1, 0.15) is 0 Å². The van der Waals surface area contributed by atoms with Crippen molar-refractivity contribution in [2.75, 3.05) is 32.8 Å². The molecule has 2 N–H and O–H groups in total. The van der Waals surface area contributed by atoms with Crippen molar-refractivity contribution in [2.24, 2.45) is 5.73 Å². The minimum absolute atomic E-state index is 0.255. The molecule has 0 aliphatic carbocycles. The predicted octanol–water partition coefficient (Wildman–Crippen LogP) is 1.59. The molecule has 0 amide bonds. The Bertz CT molecular complexity index is 296. The molecule has 96 valence electrons. The summed E-state index contributed by atoms with van der Waals surface area (Å²) in [6, 6.07) is 9.30. The zero-order valence-corrected chi connectivity index (χ0v) is 9.69. The number of halogens is 2. The maximum atomic E-state index is 12.2. The van der Waals surface area contributed by atoms with Crippen molar-refractivity contribution >= 4 is 0 Å². The summed E-state index contributed by atoms with van der Waals surface area (Å²) in [7, 11) is 0. The zero-order chi connectivity index (χ0) is 12.5. The summed E-state index contributed by atoms with van der Waals surface area (Å²) in [6.45, 7) is 1.42. The van der Waals surface area contributed by atoms with E-state index in [0.717, 1.165) is 5.75 Å². The lowest BCUT2D eigenvalue weighted by Crippen LogP contribution is -2.36. The molecule has 3 nitrogen and oxygen atoms in total. The first-order chi connectivity index (χ1) is 8.22. The van der Waals surface area contributed by atoms with Crippen LogP contribution in [0.5, 0.6) is 5.75 Å². The van der Waals surface area contributed by atoms with Crippen LogP contribution in [0.3, 0.4) is 0 Å². The smallest absolute Gasteiger partial charge is 0.251 e. The molecule has 0 atom stereocenters. The fourth-order valence-electron chi connectivity index (χ4n) is 1.48. The molecule has 0 aliphatic heterocycles. The van der Waals surface area contributed by atoms with Crippen LogP contribution in [0.25, 0.3) is 0 Å². The Morgan fingerprint density at radius 2 is 1.88 bits per heavy atom. The lowest BCUT2D eigenvalue weighted by atomic mass is 10.3. The Labute approximate surface area is 100 Å². The van der Waals surface area contributed by atoms with Gasteiger partial charge in [-0.05, 0) is 12.1 Å². The van der Waals surface area contributed by atoms with Gasteiger partial charge in [0.1, 0.15) is 12.4 Å². The van der Waals surface area contributed by atoms with E-state index in [4.69, 9.17) is 10.5 Å². The lowest BCUT2D eigenvalue weighted by molar-refractivity contribution is 0.0822. The molecule has 0 radical (unpaired) electrons. The lowest BCUT2D eigenvalue weighted by Gasteiger charge is -2.20. The van der Waals surface area contributed by atoms with Crippen molar-refractivity contribution in [2.45, 2.75) is 6.43 Å². The number of hydrogen-bond acceptors (Lipinski definition) is 3. The third-order valence-electron chi connectivity index (χ3n) is 2.26. The average Bonchev–Trinajstić information content (AvgIpc) is 2.30. The SMILES string of the molecule is NCCN(CCOc1ccccc1)CC(F)F. The molecule has 0 aliphatic rings. The second-order valence-corrected chi connectivity index (χ2v) is 3.64. The minimum Gasteiger partial charge on any atom is -0.492 e. The number of ether oxygens (including phenoxy) is 1. The molecule has 0 heterocycles. The van der Waals surface area contributed by atoms with Crippen LogP contribution in [0.2, 0.25) is 0 Å². The molecule has 0 saturated heterocycles. The summed E-state index contributed by atoms with van der Waals surface area (Å²) in [4.78, 5) is 1.60. The van der Waals surface area contributed by atoms with E-state index in [9.17, 15) is 8.78 Å².